The normalized spacial score (nSPS) is 10.2. The maximum absolute atomic E-state index is 12.7. The van der Waals surface area contributed by atoms with Crippen LogP contribution in [0.5, 0.6) is 0 Å². The number of carbonyl (C=O) groups excluding carboxylic acids is 7. The molecule has 0 saturated heterocycles. The van der Waals surface area contributed by atoms with Gasteiger partial charge in [0, 0.05) is 132 Å². The van der Waals surface area contributed by atoms with Gasteiger partial charge in [-0.15, -0.1) is 12.1 Å². The number of hydrogen-bond donors (Lipinski definition) is 1. The van der Waals surface area contributed by atoms with Gasteiger partial charge in [-0.25, -0.2) is 0 Å². The summed E-state index contributed by atoms with van der Waals surface area (Å²) in [4.78, 5) is 106. The van der Waals surface area contributed by atoms with Crippen molar-refractivity contribution in [2.45, 2.75) is 46.5 Å². The molecular weight excluding hydrogens is 1630 g/mol. The minimum atomic E-state index is -0.529. The number of carbonyl (C=O) groups is 7. The van der Waals surface area contributed by atoms with Crippen LogP contribution >= 0.6 is 0 Å². The minimum Gasteiger partial charge on any atom is -0.345 e. The fourth-order valence-corrected chi connectivity index (χ4v) is 12.8. The predicted molar refractivity (Wildman–Crippen MR) is 468 cm³/mol. The Bertz CT molecular complexity index is 5840. The summed E-state index contributed by atoms with van der Waals surface area (Å²) in [5.74, 6) is -0.220. The molecule has 15 rings (SSSR count). The van der Waals surface area contributed by atoms with E-state index in [0.717, 1.165) is 66.8 Å². The zero-order valence-electron chi connectivity index (χ0n) is 65.5. The van der Waals surface area contributed by atoms with Crippen LogP contribution in [0.15, 0.2) is 388 Å². The monoisotopic (exact) mass is 1710 g/mol. The maximum Gasteiger partial charge on any atom is 0.270 e. The molecule has 119 heavy (non-hydrogen) atoms. The van der Waals surface area contributed by atoms with Crippen molar-refractivity contribution in [1.82, 2.24) is 0 Å². The molecule has 0 fully saturated rings. The number of Topliss-reactive ketones (excluding diaryl/α,β-unsaturated/α-hetero) is 5. The Morgan fingerprint density at radius 1 is 0.294 bits per heavy atom. The zero-order chi connectivity index (χ0) is 83.1. The second-order valence-electron chi connectivity index (χ2n) is 27.8. The van der Waals surface area contributed by atoms with Crippen LogP contribution in [0.2, 0.25) is 0 Å². The van der Waals surface area contributed by atoms with Crippen LogP contribution in [0.3, 0.4) is 0 Å². The molecule has 15 aromatic rings. The minimum absolute atomic E-state index is 0. The number of anilines is 1. The second kappa shape index (κ2) is 44.1. The van der Waals surface area contributed by atoms with E-state index in [4.69, 9.17) is 0 Å². The van der Waals surface area contributed by atoms with Crippen LogP contribution in [0.1, 0.15) is 118 Å². The van der Waals surface area contributed by atoms with E-state index in [2.05, 4.69) is 29.6 Å². The van der Waals surface area contributed by atoms with Crippen LogP contribution in [-0.4, -0.2) is 50.5 Å². The van der Waals surface area contributed by atoms with E-state index >= 15 is 0 Å². The number of ketones is 6. The Balaban J connectivity index is 0.000000157. The summed E-state index contributed by atoms with van der Waals surface area (Å²) < 4.78 is 0. The second-order valence-corrected chi connectivity index (χ2v) is 27.8. The van der Waals surface area contributed by atoms with Gasteiger partial charge in [0.15, 0.2) is 34.7 Å². The number of nitro groups is 2. The van der Waals surface area contributed by atoms with Gasteiger partial charge in [0.1, 0.15) is 0 Å². The third-order valence-electron chi connectivity index (χ3n) is 19.0. The number of non-ortho nitro benzene ring substituents is 2. The number of nitrogens with one attached hydrogen (secondary N) is 1. The molecule has 1 N–H and O–H groups in total. The Hall–Kier alpha value is -14.2. The molecule has 1 amide bonds. The summed E-state index contributed by atoms with van der Waals surface area (Å²) >= 11 is 0. The molecule has 0 aliphatic carbocycles. The summed E-state index contributed by atoms with van der Waals surface area (Å²) in [5, 5.41) is 24.1. The van der Waals surface area contributed by atoms with Crippen molar-refractivity contribution in [3.05, 3.63) is 492 Å². The van der Waals surface area contributed by atoms with Gasteiger partial charge >= 0.3 is 0 Å². The van der Waals surface area contributed by atoms with Crippen molar-refractivity contribution in [3.8, 4) is 44.5 Å². The molecule has 15 aromatic carbocycles. The van der Waals surface area contributed by atoms with Gasteiger partial charge in [-0.05, 0) is 98.8 Å². The first-order valence-corrected chi connectivity index (χ1v) is 38.1. The molecule has 1 radical (unpaired) electrons. The van der Waals surface area contributed by atoms with Crippen LogP contribution in [0.4, 0.5) is 17.1 Å². The summed E-state index contributed by atoms with van der Waals surface area (Å²) in [7, 11) is 0. The van der Waals surface area contributed by atoms with Crippen molar-refractivity contribution in [1.29, 1.82) is 0 Å². The molecule has 591 valence electrons. The van der Waals surface area contributed by atoms with E-state index in [1.807, 2.05) is 275 Å². The zero-order valence-corrected chi connectivity index (χ0v) is 67.4. The van der Waals surface area contributed by atoms with Crippen molar-refractivity contribution in [2.75, 3.05) is 5.32 Å². The van der Waals surface area contributed by atoms with Gasteiger partial charge in [0.05, 0.1) is 9.85 Å². The van der Waals surface area contributed by atoms with Gasteiger partial charge in [-0.1, -0.05) is 346 Å². The fourth-order valence-electron chi connectivity index (χ4n) is 12.8. The van der Waals surface area contributed by atoms with Crippen LogP contribution < -0.4 is 5.32 Å². The van der Waals surface area contributed by atoms with E-state index in [9.17, 15) is 53.8 Å². The van der Waals surface area contributed by atoms with E-state index in [0.29, 0.717) is 57.5 Å². The summed E-state index contributed by atoms with van der Waals surface area (Å²) in [6.45, 7) is 5.44. The quantitative estimate of drug-likeness (QED) is 0.0209. The number of nitrogens with zero attached hydrogens (tertiary/aromatic N) is 2. The Labute approximate surface area is 721 Å². The molecule has 0 aliphatic rings. The molecule has 0 saturated carbocycles. The van der Waals surface area contributed by atoms with Gasteiger partial charge < -0.3 is 5.32 Å². The predicted octanol–water partition coefficient (Wildman–Crippen LogP) is 23.7. The van der Waals surface area contributed by atoms with E-state index in [-0.39, 0.29) is 108 Å². The molecule has 0 spiro atoms. The van der Waals surface area contributed by atoms with Gasteiger partial charge in [-0.3, -0.25) is 53.8 Å². The molecule has 0 atom stereocenters. The van der Waals surface area contributed by atoms with E-state index in [1.54, 1.807) is 72.8 Å². The molecule has 0 unspecified atom stereocenters. The number of benzene rings is 15. The first-order chi connectivity index (χ1) is 57.2. The number of rotatable bonds is 23. The smallest absolute Gasteiger partial charge is 0.270 e. The Morgan fingerprint density at radius 2 is 0.597 bits per heavy atom. The molecule has 15 heteroatoms. The number of aryl methyl sites for hydroxylation is 2. The molecule has 14 nitrogen and oxygen atoms in total. The van der Waals surface area contributed by atoms with Crippen LogP contribution in [-0.2, 0) is 25.7 Å². The van der Waals surface area contributed by atoms with E-state index in [1.165, 1.54) is 54.4 Å². The van der Waals surface area contributed by atoms with Gasteiger partial charge in [-0.2, -0.15) is 17.7 Å². The van der Waals surface area contributed by atoms with Crippen molar-refractivity contribution in [2.24, 2.45) is 0 Å². The number of amides is 1. The first kappa shape index (κ1) is 87.2. The first-order valence-electron chi connectivity index (χ1n) is 38.1. The summed E-state index contributed by atoms with van der Waals surface area (Å²) in [5.41, 5.74) is 19.7. The standard InChI is InChI=1S/C27H20O2.C22H18O2.C21H18O.C20H15NO3.C14H11N2O3.Ho/c28-26(23-16-14-22(15-17-23)21-9-3-1-4-10-21)19-20-8-7-13-25(18-20)27(29)24-11-5-2-6-12-24;1-16(23)21-9-5-6-17(14-21)15-22(24)20-12-10-19(11-13-20)18-7-3-2-4-8-18;1-16-6-5-7-17(14-16)15-21(22)20-12-10-19(11-13-20)18-8-3-2-4-9-18;22-20(14-15-5-4-8-19(13-15)21(23)24)18-11-9-17(10-12-18)16-6-2-1-3-7-16;1-10-4-2-6-12(8-10)15-14(17)11-5-3-7-13(9-11)16(18)19;/h1-18H,19H2;2-14H,15H2,1H3;2-14H,15H2,1H3;1-13H,14H2;2-3,5-9H,1H3,(H,15,17);/q;;;;-1;. The third kappa shape index (κ3) is 26.4. The Kier molecular flexibility index (Phi) is 32.3. The Morgan fingerprint density at radius 3 is 0.966 bits per heavy atom. The average Bonchev–Trinajstić information content (AvgIpc) is 0.844. The van der Waals surface area contributed by atoms with E-state index < -0.39 is 9.85 Å². The van der Waals surface area contributed by atoms with Crippen molar-refractivity contribution < 1.29 is 81.1 Å². The molecule has 0 aliphatic heterocycles. The van der Waals surface area contributed by atoms with Crippen molar-refractivity contribution in [3.63, 3.8) is 0 Å². The van der Waals surface area contributed by atoms with Crippen LogP contribution in [0, 0.1) is 77.9 Å². The summed E-state index contributed by atoms with van der Waals surface area (Å²) in [6.07, 6.45) is 1.16. The van der Waals surface area contributed by atoms with Gasteiger partial charge in [0.25, 0.3) is 17.3 Å². The summed E-state index contributed by atoms with van der Waals surface area (Å²) in [6, 6.07) is 123. The van der Waals surface area contributed by atoms with Gasteiger partial charge in [0.2, 0.25) is 0 Å². The molecular formula is C104H82HoN3O11-. The average molecular weight is 1710 g/mol. The maximum atomic E-state index is 12.7. The molecule has 0 aromatic heterocycles. The molecule has 0 heterocycles. The number of nitro benzene ring substituents is 2. The SMILES string of the molecule is CC(=O)c1cccc(CC(=O)c2ccc(-c3ccccc3)cc2)c1.Cc1[c-]ccc(NC(=O)c2cccc([N+](=O)[O-])c2)c1.Cc1cccc(CC(=O)c2ccc(-c3ccccc3)cc2)c1.O=C(Cc1cccc(C(=O)c2ccccc2)c1)c1ccc(-c2ccccc2)cc1.O=C(Cc1cccc([N+](=O)[O-])c1)c1ccc(-c2ccccc2)cc1.[Ho]. The molecule has 0 bridgehead atoms. The third-order valence-corrected chi connectivity index (χ3v) is 19.0. The van der Waals surface area contributed by atoms with Crippen LogP contribution in [0.25, 0.3) is 44.5 Å². The fraction of sp³-hybridized carbons (Fsp3) is 0.0673. The topological polar surface area (TPSA) is 218 Å². The van der Waals surface area contributed by atoms with Crippen molar-refractivity contribution >= 4 is 57.7 Å². The largest absolute Gasteiger partial charge is 0.345 e. The number of hydrogen-bond acceptors (Lipinski definition) is 11.